The van der Waals surface area contributed by atoms with Gasteiger partial charge in [0, 0.05) is 11.1 Å². The fourth-order valence-electron chi connectivity index (χ4n) is 2.66. The third kappa shape index (κ3) is 3.28. The molecule has 1 aliphatic heterocycles. The third-order valence-electron chi connectivity index (χ3n) is 3.96. The summed E-state index contributed by atoms with van der Waals surface area (Å²) in [6, 6.07) is 4.48. The van der Waals surface area contributed by atoms with E-state index in [1.165, 1.54) is 24.7 Å². The predicted octanol–water partition coefficient (Wildman–Crippen LogP) is 3.95. The monoisotopic (exact) mass is 342 g/mol. The Labute approximate surface area is 144 Å². The number of aromatic hydroxyl groups is 1. The zero-order chi connectivity index (χ0) is 18.0. The molecule has 0 aliphatic carbocycles. The number of rotatable bonds is 4. The molecule has 0 saturated carbocycles. The van der Waals surface area contributed by atoms with Crippen molar-refractivity contribution in [1.29, 1.82) is 0 Å². The molecule has 6 nitrogen and oxygen atoms in total. The van der Waals surface area contributed by atoms with Crippen LogP contribution in [0.25, 0.3) is 0 Å². The van der Waals surface area contributed by atoms with E-state index in [0.717, 1.165) is 0 Å². The van der Waals surface area contributed by atoms with Crippen LogP contribution in [0.15, 0.2) is 46.8 Å². The van der Waals surface area contributed by atoms with Gasteiger partial charge in [0.2, 0.25) is 5.75 Å². The van der Waals surface area contributed by atoms with Gasteiger partial charge >= 0.3 is 5.97 Å². The second kappa shape index (κ2) is 6.84. The Kier molecular flexibility index (Phi) is 4.61. The number of Topliss-reactive ketones (excluding diaryl/α,β-unsaturated/α-hetero) is 1. The number of phenolic OH excluding ortho intramolecular Hbond substituents is 1. The maximum atomic E-state index is 12.4. The number of furan rings is 1. The van der Waals surface area contributed by atoms with E-state index in [4.69, 9.17) is 13.9 Å². The minimum Gasteiger partial charge on any atom is -0.504 e. The van der Waals surface area contributed by atoms with Crippen LogP contribution in [0.4, 0.5) is 0 Å². The highest BCUT2D eigenvalue weighted by atomic mass is 16.6. The van der Waals surface area contributed by atoms with E-state index in [1.807, 2.05) is 6.92 Å². The second-order valence-corrected chi connectivity index (χ2v) is 5.77. The molecule has 0 saturated heterocycles. The minimum absolute atomic E-state index is 0.0695. The third-order valence-corrected chi connectivity index (χ3v) is 3.96. The van der Waals surface area contributed by atoms with Crippen molar-refractivity contribution in [3.8, 4) is 17.2 Å². The normalized spacial score (nSPS) is 17.0. The molecule has 1 aliphatic rings. The van der Waals surface area contributed by atoms with Gasteiger partial charge < -0.3 is 19.0 Å². The minimum atomic E-state index is -0.605. The van der Waals surface area contributed by atoms with E-state index in [1.54, 1.807) is 19.1 Å². The standard InChI is InChI=1S/C19H18O6/c1-3-4-11(2)19(22)25-18-14(20)6-5-13-15(21)9-16(24-17(13)18)12-7-8-23-10-12/h4-8,10,16,20H,3,9H2,1-2H3. The first kappa shape index (κ1) is 16.8. The molecule has 1 aromatic heterocycles. The summed E-state index contributed by atoms with van der Waals surface area (Å²) in [4.78, 5) is 24.6. The number of carbonyl (C=O) groups excluding carboxylic acids is 2. The number of esters is 1. The molecule has 0 radical (unpaired) electrons. The van der Waals surface area contributed by atoms with Crippen molar-refractivity contribution in [3.63, 3.8) is 0 Å². The second-order valence-electron chi connectivity index (χ2n) is 5.77. The molecule has 2 aromatic rings. The fraction of sp³-hybridized carbons (Fsp3) is 0.263. The molecule has 3 rings (SSSR count). The van der Waals surface area contributed by atoms with Crippen molar-refractivity contribution in [3.05, 3.63) is 53.5 Å². The summed E-state index contributed by atoms with van der Waals surface area (Å²) in [6.45, 7) is 3.52. The number of allylic oxidation sites excluding steroid dienone is 1. The zero-order valence-corrected chi connectivity index (χ0v) is 13.9. The van der Waals surface area contributed by atoms with Crippen LogP contribution in [0.5, 0.6) is 17.2 Å². The van der Waals surface area contributed by atoms with E-state index in [-0.39, 0.29) is 35.0 Å². The van der Waals surface area contributed by atoms with Gasteiger partial charge in [0.25, 0.3) is 0 Å². The molecule has 1 aromatic carbocycles. The van der Waals surface area contributed by atoms with Gasteiger partial charge in [0.05, 0.1) is 24.5 Å². The van der Waals surface area contributed by atoms with E-state index < -0.39 is 12.1 Å². The Balaban J connectivity index is 1.98. The zero-order valence-electron chi connectivity index (χ0n) is 13.9. The predicted molar refractivity (Wildman–Crippen MR) is 88.8 cm³/mol. The van der Waals surface area contributed by atoms with Gasteiger partial charge in [-0.3, -0.25) is 4.79 Å². The summed E-state index contributed by atoms with van der Waals surface area (Å²) in [5, 5.41) is 10.1. The van der Waals surface area contributed by atoms with Crippen molar-refractivity contribution in [2.45, 2.75) is 32.8 Å². The summed E-state index contributed by atoms with van der Waals surface area (Å²) in [5.41, 5.74) is 1.38. The van der Waals surface area contributed by atoms with E-state index >= 15 is 0 Å². The lowest BCUT2D eigenvalue weighted by Gasteiger charge is -2.26. The van der Waals surface area contributed by atoms with Crippen LogP contribution in [0, 0.1) is 0 Å². The first-order chi connectivity index (χ1) is 12.0. The molecule has 0 bridgehead atoms. The summed E-state index contributed by atoms with van der Waals surface area (Å²) in [5.74, 6) is -1.11. The quantitative estimate of drug-likeness (QED) is 0.514. The molecule has 1 atom stereocenters. The van der Waals surface area contributed by atoms with Crippen LogP contribution < -0.4 is 9.47 Å². The molecule has 2 heterocycles. The van der Waals surface area contributed by atoms with Crippen molar-refractivity contribution in [2.24, 2.45) is 0 Å². The Morgan fingerprint density at radius 1 is 1.40 bits per heavy atom. The molecular formula is C19H18O6. The number of phenols is 1. The molecule has 0 amide bonds. The molecule has 130 valence electrons. The molecule has 0 spiro atoms. The largest absolute Gasteiger partial charge is 0.504 e. The molecular weight excluding hydrogens is 324 g/mol. The van der Waals surface area contributed by atoms with Gasteiger partial charge in [-0.25, -0.2) is 4.79 Å². The van der Waals surface area contributed by atoms with Crippen molar-refractivity contribution in [2.75, 3.05) is 0 Å². The highest BCUT2D eigenvalue weighted by Crippen LogP contribution is 2.46. The Morgan fingerprint density at radius 2 is 2.20 bits per heavy atom. The van der Waals surface area contributed by atoms with Crippen molar-refractivity contribution >= 4 is 11.8 Å². The van der Waals surface area contributed by atoms with Gasteiger partial charge in [-0.2, -0.15) is 0 Å². The van der Waals surface area contributed by atoms with Gasteiger partial charge in [-0.1, -0.05) is 13.0 Å². The first-order valence-corrected chi connectivity index (χ1v) is 7.98. The van der Waals surface area contributed by atoms with E-state index in [0.29, 0.717) is 17.6 Å². The van der Waals surface area contributed by atoms with Crippen LogP contribution in [0.1, 0.15) is 48.7 Å². The fourth-order valence-corrected chi connectivity index (χ4v) is 2.66. The average Bonchev–Trinajstić information content (AvgIpc) is 3.12. The van der Waals surface area contributed by atoms with Gasteiger partial charge in [0.15, 0.2) is 17.3 Å². The van der Waals surface area contributed by atoms with Crippen LogP contribution in [-0.2, 0) is 4.79 Å². The van der Waals surface area contributed by atoms with Crippen molar-refractivity contribution in [1.82, 2.24) is 0 Å². The number of benzene rings is 1. The van der Waals surface area contributed by atoms with Crippen LogP contribution in [0.3, 0.4) is 0 Å². The number of ketones is 1. The lowest BCUT2D eigenvalue weighted by molar-refractivity contribution is -0.130. The number of hydrogen-bond donors (Lipinski definition) is 1. The number of hydrogen-bond acceptors (Lipinski definition) is 6. The molecule has 6 heteroatoms. The highest BCUT2D eigenvalue weighted by molar-refractivity contribution is 6.02. The topological polar surface area (TPSA) is 86.0 Å². The molecule has 1 N–H and O–H groups in total. The van der Waals surface area contributed by atoms with Crippen LogP contribution in [0.2, 0.25) is 0 Å². The maximum absolute atomic E-state index is 12.4. The summed E-state index contributed by atoms with van der Waals surface area (Å²) < 4.78 is 16.2. The molecule has 25 heavy (non-hydrogen) atoms. The smallest absolute Gasteiger partial charge is 0.339 e. The molecule has 0 fully saturated rings. The van der Waals surface area contributed by atoms with Gasteiger partial charge in [-0.05, 0) is 31.5 Å². The summed E-state index contributed by atoms with van der Waals surface area (Å²) in [7, 11) is 0. The van der Waals surface area contributed by atoms with Gasteiger partial charge in [-0.15, -0.1) is 0 Å². The van der Waals surface area contributed by atoms with Gasteiger partial charge in [0.1, 0.15) is 6.10 Å². The Bertz CT molecular complexity index is 832. The average molecular weight is 342 g/mol. The SMILES string of the molecule is CCC=C(C)C(=O)Oc1c(O)ccc2c1OC(c1ccoc1)CC2=O. The van der Waals surface area contributed by atoms with Crippen LogP contribution >= 0.6 is 0 Å². The Morgan fingerprint density at radius 3 is 2.88 bits per heavy atom. The first-order valence-electron chi connectivity index (χ1n) is 7.98. The number of fused-ring (bicyclic) bond motifs is 1. The van der Waals surface area contributed by atoms with Crippen molar-refractivity contribution < 1.29 is 28.6 Å². The van der Waals surface area contributed by atoms with E-state index in [9.17, 15) is 14.7 Å². The maximum Gasteiger partial charge on any atom is 0.339 e. The summed E-state index contributed by atoms with van der Waals surface area (Å²) in [6.07, 6.45) is 4.95. The number of ether oxygens (including phenoxy) is 2. The molecule has 1 unspecified atom stereocenters. The number of carbonyl (C=O) groups is 2. The highest BCUT2D eigenvalue weighted by Gasteiger charge is 2.33. The lowest BCUT2D eigenvalue weighted by atomic mass is 9.97. The summed E-state index contributed by atoms with van der Waals surface area (Å²) >= 11 is 0. The van der Waals surface area contributed by atoms with E-state index in [2.05, 4.69) is 0 Å². The Hall–Kier alpha value is -3.02. The lowest BCUT2D eigenvalue weighted by Crippen LogP contribution is -2.21. The van der Waals surface area contributed by atoms with Crippen LogP contribution in [-0.4, -0.2) is 16.9 Å².